The van der Waals surface area contributed by atoms with Gasteiger partial charge < -0.3 is 4.90 Å². The molecule has 2 nitrogen and oxygen atoms in total. The molecule has 0 fully saturated rings. The minimum Gasteiger partial charge on any atom is -0.350 e. The highest BCUT2D eigenvalue weighted by atomic mass is 15.1. The molecule has 1 heterocycles. The van der Waals surface area contributed by atoms with Crippen LogP contribution in [0.5, 0.6) is 0 Å². The zero-order valence-corrected chi connectivity index (χ0v) is 13.9. The second-order valence-electron chi connectivity index (χ2n) is 5.86. The quantitative estimate of drug-likeness (QED) is 0.802. The standard InChI is InChI=1S/C19H24N2/c1-13-9-14(2)19(15(3)10-13)21(6)12-16(4)18-8-7-17(5)20-11-18/h7-12H,1-6H3. The van der Waals surface area contributed by atoms with Crippen molar-refractivity contribution in [2.24, 2.45) is 0 Å². The number of allylic oxidation sites excluding steroid dienone is 1. The van der Waals surface area contributed by atoms with Crippen LogP contribution in [0.4, 0.5) is 5.69 Å². The van der Waals surface area contributed by atoms with Crippen molar-refractivity contribution in [2.75, 3.05) is 11.9 Å². The Morgan fingerprint density at radius 2 is 1.67 bits per heavy atom. The van der Waals surface area contributed by atoms with Gasteiger partial charge >= 0.3 is 0 Å². The molecule has 0 atom stereocenters. The lowest BCUT2D eigenvalue weighted by Gasteiger charge is -2.21. The van der Waals surface area contributed by atoms with Crippen molar-refractivity contribution < 1.29 is 0 Å². The van der Waals surface area contributed by atoms with Crippen LogP contribution >= 0.6 is 0 Å². The van der Waals surface area contributed by atoms with Gasteiger partial charge in [0, 0.05) is 30.8 Å². The van der Waals surface area contributed by atoms with E-state index in [9.17, 15) is 0 Å². The Hall–Kier alpha value is -2.09. The minimum atomic E-state index is 1.05. The van der Waals surface area contributed by atoms with E-state index < -0.39 is 0 Å². The first kappa shape index (κ1) is 15.3. The number of nitrogens with zero attached hydrogens (tertiary/aromatic N) is 2. The second-order valence-corrected chi connectivity index (χ2v) is 5.86. The summed E-state index contributed by atoms with van der Waals surface area (Å²) >= 11 is 0. The normalized spacial score (nSPS) is 11.6. The minimum absolute atomic E-state index is 1.05. The molecule has 0 saturated heterocycles. The molecule has 0 bridgehead atoms. The largest absolute Gasteiger partial charge is 0.350 e. The predicted molar refractivity (Wildman–Crippen MR) is 91.7 cm³/mol. The molecule has 2 rings (SSSR count). The summed E-state index contributed by atoms with van der Waals surface area (Å²) in [6.45, 7) is 10.6. The van der Waals surface area contributed by atoms with Crippen molar-refractivity contribution in [1.29, 1.82) is 0 Å². The smallest absolute Gasteiger partial charge is 0.0463 e. The predicted octanol–water partition coefficient (Wildman–Crippen LogP) is 4.81. The van der Waals surface area contributed by atoms with Crippen LogP contribution in [0, 0.1) is 27.7 Å². The average molecular weight is 280 g/mol. The highest BCUT2D eigenvalue weighted by Gasteiger charge is 2.08. The molecule has 0 spiro atoms. The van der Waals surface area contributed by atoms with Crippen molar-refractivity contribution in [3.63, 3.8) is 0 Å². The van der Waals surface area contributed by atoms with E-state index in [4.69, 9.17) is 0 Å². The lowest BCUT2D eigenvalue weighted by molar-refractivity contribution is 1.14. The van der Waals surface area contributed by atoms with E-state index in [1.165, 1.54) is 28.0 Å². The van der Waals surface area contributed by atoms with Crippen molar-refractivity contribution >= 4 is 11.3 Å². The first-order chi connectivity index (χ1) is 9.88. The van der Waals surface area contributed by atoms with Gasteiger partial charge in [0.1, 0.15) is 0 Å². The van der Waals surface area contributed by atoms with Crippen LogP contribution in [0.2, 0.25) is 0 Å². The number of anilines is 1. The van der Waals surface area contributed by atoms with Crippen LogP contribution < -0.4 is 4.90 Å². The Morgan fingerprint density at radius 1 is 1.05 bits per heavy atom. The van der Waals surface area contributed by atoms with Crippen LogP contribution in [0.15, 0.2) is 36.7 Å². The fourth-order valence-electron chi connectivity index (χ4n) is 2.86. The molecule has 0 saturated carbocycles. The molecule has 1 aromatic heterocycles. The molecule has 0 radical (unpaired) electrons. The molecule has 21 heavy (non-hydrogen) atoms. The zero-order chi connectivity index (χ0) is 15.6. The number of hydrogen-bond acceptors (Lipinski definition) is 2. The Balaban J connectivity index is 2.34. The first-order valence-electron chi connectivity index (χ1n) is 7.30. The van der Waals surface area contributed by atoms with Gasteiger partial charge in [-0.05, 0) is 62.9 Å². The second kappa shape index (κ2) is 6.13. The lowest BCUT2D eigenvalue weighted by Crippen LogP contribution is -2.12. The molecule has 0 aliphatic carbocycles. The summed E-state index contributed by atoms with van der Waals surface area (Å²) in [7, 11) is 2.11. The molecule has 0 N–H and O–H groups in total. The monoisotopic (exact) mass is 280 g/mol. The van der Waals surface area contributed by atoms with Crippen LogP contribution in [-0.2, 0) is 0 Å². The maximum Gasteiger partial charge on any atom is 0.0463 e. The lowest BCUT2D eigenvalue weighted by atomic mass is 10.0. The number of benzene rings is 1. The number of aromatic nitrogens is 1. The molecular weight excluding hydrogens is 256 g/mol. The van der Waals surface area contributed by atoms with E-state index in [1.807, 2.05) is 13.1 Å². The Kier molecular flexibility index (Phi) is 4.46. The van der Waals surface area contributed by atoms with Gasteiger partial charge in [-0.25, -0.2) is 0 Å². The molecule has 0 amide bonds. The van der Waals surface area contributed by atoms with Gasteiger partial charge in [-0.15, -0.1) is 0 Å². The number of hydrogen-bond donors (Lipinski definition) is 0. The third-order valence-electron chi connectivity index (χ3n) is 3.74. The Morgan fingerprint density at radius 3 is 2.19 bits per heavy atom. The van der Waals surface area contributed by atoms with Crippen molar-refractivity contribution in [2.45, 2.75) is 34.6 Å². The van der Waals surface area contributed by atoms with Gasteiger partial charge in [0.2, 0.25) is 0 Å². The summed E-state index contributed by atoms with van der Waals surface area (Å²) < 4.78 is 0. The van der Waals surface area contributed by atoms with Gasteiger partial charge in [0.25, 0.3) is 0 Å². The van der Waals surface area contributed by atoms with Crippen LogP contribution in [0.25, 0.3) is 5.57 Å². The molecular formula is C19H24N2. The van der Waals surface area contributed by atoms with Gasteiger partial charge in [-0.1, -0.05) is 23.8 Å². The van der Waals surface area contributed by atoms with Crippen LogP contribution in [-0.4, -0.2) is 12.0 Å². The van der Waals surface area contributed by atoms with E-state index in [-0.39, 0.29) is 0 Å². The molecule has 110 valence electrons. The van der Waals surface area contributed by atoms with Crippen molar-refractivity contribution in [3.05, 3.63) is 64.6 Å². The molecule has 0 aliphatic heterocycles. The topological polar surface area (TPSA) is 16.1 Å². The average Bonchev–Trinajstić information content (AvgIpc) is 2.37. The van der Waals surface area contributed by atoms with Gasteiger partial charge in [-0.2, -0.15) is 0 Å². The van der Waals surface area contributed by atoms with E-state index in [1.54, 1.807) is 0 Å². The Labute approximate surface area is 128 Å². The summed E-state index contributed by atoms with van der Waals surface area (Å²) in [5, 5.41) is 0. The third-order valence-corrected chi connectivity index (χ3v) is 3.74. The maximum atomic E-state index is 4.37. The molecule has 0 aliphatic rings. The summed E-state index contributed by atoms with van der Waals surface area (Å²) in [4.78, 5) is 6.58. The van der Waals surface area contributed by atoms with Crippen molar-refractivity contribution in [1.82, 2.24) is 4.98 Å². The molecule has 0 unspecified atom stereocenters. The summed E-state index contributed by atoms with van der Waals surface area (Å²) in [6, 6.07) is 8.64. The van der Waals surface area contributed by atoms with Crippen molar-refractivity contribution in [3.8, 4) is 0 Å². The highest BCUT2D eigenvalue weighted by Crippen LogP contribution is 2.27. The van der Waals surface area contributed by atoms with E-state index in [0.29, 0.717) is 0 Å². The highest BCUT2D eigenvalue weighted by molar-refractivity contribution is 5.69. The summed E-state index contributed by atoms with van der Waals surface area (Å²) in [5.41, 5.74) is 8.62. The number of pyridine rings is 1. The zero-order valence-electron chi connectivity index (χ0n) is 13.9. The first-order valence-corrected chi connectivity index (χ1v) is 7.30. The Bertz CT molecular complexity index is 643. The van der Waals surface area contributed by atoms with E-state index >= 15 is 0 Å². The summed E-state index contributed by atoms with van der Waals surface area (Å²) in [5.74, 6) is 0. The maximum absolute atomic E-state index is 4.37. The summed E-state index contributed by atoms with van der Waals surface area (Å²) in [6.07, 6.45) is 4.11. The van der Waals surface area contributed by atoms with Crippen LogP contribution in [0.1, 0.15) is 34.9 Å². The molecule has 2 aromatic rings. The van der Waals surface area contributed by atoms with E-state index in [0.717, 1.165) is 11.3 Å². The number of rotatable bonds is 3. The fraction of sp³-hybridized carbons (Fsp3) is 0.316. The fourth-order valence-corrected chi connectivity index (χ4v) is 2.86. The number of aryl methyl sites for hydroxylation is 4. The van der Waals surface area contributed by atoms with Gasteiger partial charge in [0.15, 0.2) is 0 Å². The third kappa shape index (κ3) is 3.52. The van der Waals surface area contributed by atoms with Crippen LogP contribution in [0.3, 0.4) is 0 Å². The molecule has 1 aromatic carbocycles. The van der Waals surface area contributed by atoms with Gasteiger partial charge in [-0.3, -0.25) is 4.98 Å². The van der Waals surface area contributed by atoms with E-state index in [2.05, 4.69) is 75.1 Å². The molecule has 2 heteroatoms. The SMILES string of the molecule is CC(=CN(C)c1c(C)cc(C)cc1C)c1ccc(C)nc1. The van der Waals surface area contributed by atoms with Gasteiger partial charge in [0.05, 0.1) is 0 Å².